The summed E-state index contributed by atoms with van der Waals surface area (Å²) in [4.78, 5) is 0. The molecule has 10 heavy (non-hydrogen) atoms. The molecule has 0 saturated carbocycles. The lowest BCUT2D eigenvalue weighted by Gasteiger charge is -2.05. The van der Waals surface area contributed by atoms with Crippen molar-refractivity contribution in [1.29, 1.82) is 0 Å². The summed E-state index contributed by atoms with van der Waals surface area (Å²) in [6.45, 7) is 4.04. The van der Waals surface area contributed by atoms with E-state index in [1.165, 1.54) is 17.6 Å². The normalized spacial score (nSPS) is 16.6. The Hall–Kier alpha value is -0.960. The fourth-order valence-electron chi connectivity index (χ4n) is 1.01. The molecule has 0 atom stereocenters. The Morgan fingerprint density at radius 2 is 2.10 bits per heavy atom. The first-order chi connectivity index (χ1) is 4.83. The van der Waals surface area contributed by atoms with E-state index in [9.17, 15) is 0 Å². The van der Waals surface area contributed by atoms with Crippen LogP contribution >= 0.6 is 0 Å². The molecule has 0 heterocycles. The van der Waals surface area contributed by atoms with Gasteiger partial charge in [0.1, 0.15) is 0 Å². The molecule has 0 aromatic carbocycles. The lowest BCUT2D eigenvalue weighted by Crippen LogP contribution is -1.87. The van der Waals surface area contributed by atoms with Gasteiger partial charge in [-0.15, -0.1) is 5.92 Å². The number of rotatable bonds is 0. The maximum absolute atomic E-state index is 3.07. The summed E-state index contributed by atoms with van der Waals surface area (Å²) >= 11 is 0. The molecule has 0 heteroatoms. The summed E-state index contributed by atoms with van der Waals surface area (Å²) in [7, 11) is 0. The third kappa shape index (κ3) is 1.77. The summed E-state index contributed by atoms with van der Waals surface area (Å²) in [6, 6.07) is 0. The van der Waals surface area contributed by atoms with E-state index in [0.717, 1.165) is 6.42 Å². The highest BCUT2D eigenvalue weighted by Gasteiger charge is 1.98. The van der Waals surface area contributed by atoms with Gasteiger partial charge in [-0.1, -0.05) is 23.6 Å². The second kappa shape index (κ2) is 3.27. The van der Waals surface area contributed by atoms with Gasteiger partial charge in [0.25, 0.3) is 0 Å². The summed E-state index contributed by atoms with van der Waals surface area (Å²) in [5.41, 5.74) is 2.73. The minimum Gasteiger partial charge on any atom is -0.102 e. The van der Waals surface area contributed by atoms with Gasteiger partial charge in [-0.2, -0.15) is 0 Å². The lowest BCUT2D eigenvalue weighted by atomic mass is 10.0. The van der Waals surface area contributed by atoms with Crippen LogP contribution in [0.3, 0.4) is 0 Å². The van der Waals surface area contributed by atoms with Crippen molar-refractivity contribution in [2.45, 2.75) is 26.7 Å². The summed E-state index contributed by atoms with van der Waals surface area (Å²) in [6.07, 6.45) is 6.59. The zero-order chi connectivity index (χ0) is 7.40. The van der Waals surface area contributed by atoms with Gasteiger partial charge < -0.3 is 0 Å². The van der Waals surface area contributed by atoms with Gasteiger partial charge in [0.05, 0.1) is 0 Å². The highest BCUT2D eigenvalue weighted by atomic mass is 14.0. The van der Waals surface area contributed by atoms with Crippen LogP contribution in [0.5, 0.6) is 0 Å². The molecule has 0 spiro atoms. The van der Waals surface area contributed by atoms with Crippen molar-refractivity contribution >= 4 is 0 Å². The zero-order valence-electron chi connectivity index (χ0n) is 6.57. The first kappa shape index (κ1) is 7.15. The van der Waals surface area contributed by atoms with E-state index in [1.54, 1.807) is 0 Å². The summed E-state index contributed by atoms with van der Waals surface area (Å²) < 4.78 is 0. The monoisotopic (exact) mass is 132 g/mol. The van der Waals surface area contributed by atoms with Gasteiger partial charge in [-0.3, -0.25) is 0 Å². The van der Waals surface area contributed by atoms with Gasteiger partial charge in [0, 0.05) is 5.57 Å². The van der Waals surface area contributed by atoms with Crippen molar-refractivity contribution in [3.63, 3.8) is 0 Å². The maximum atomic E-state index is 3.07. The molecule has 0 N–H and O–H groups in total. The molecule has 0 nitrogen and oxygen atoms in total. The standard InChI is InChI=1S/C10H12/c1-3-4-10-7-5-9(2)6-8-10/h5,7H,6,8H2,1-2H3. The first-order valence-corrected chi connectivity index (χ1v) is 3.62. The summed E-state index contributed by atoms with van der Waals surface area (Å²) in [5, 5.41) is 0. The minimum atomic E-state index is 1.13. The number of hydrogen-bond donors (Lipinski definition) is 0. The van der Waals surface area contributed by atoms with Gasteiger partial charge in [0.15, 0.2) is 0 Å². The van der Waals surface area contributed by atoms with E-state index in [1.807, 2.05) is 6.92 Å². The minimum absolute atomic E-state index is 1.13. The molecule has 0 aromatic rings. The Morgan fingerprint density at radius 3 is 2.60 bits per heavy atom. The molecule has 0 amide bonds. The molecule has 0 bridgehead atoms. The zero-order valence-corrected chi connectivity index (χ0v) is 6.57. The van der Waals surface area contributed by atoms with E-state index in [4.69, 9.17) is 0 Å². The predicted octanol–water partition coefficient (Wildman–Crippen LogP) is 2.68. The molecule has 1 aliphatic carbocycles. The molecule has 0 saturated heterocycles. The number of allylic oxidation sites excluding steroid dienone is 4. The van der Waals surface area contributed by atoms with E-state index in [0.29, 0.717) is 0 Å². The van der Waals surface area contributed by atoms with Gasteiger partial charge in [-0.25, -0.2) is 0 Å². The third-order valence-electron chi connectivity index (χ3n) is 1.64. The fraction of sp³-hybridized carbons (Fsp3) is 0.400. The summed E-state index contributed by atoms with van der Waals surface area (Å²) in [5.74, 6) is 5.98. The van der Waals surface area contributed by atoms with Crippen molar-refractivity contribution < 1.29 is 0 Å². The van der Waals surface area contributed by atoms with Crippen LogP contribution in [0.25, 0.3) is 0 Å². The molecular weight excluding hydrogens is 120 g/mol. The van der Waals surface area contributed by atoms with E-state index in [-0.39, 0.29) is 0 Å². The van der Waals surface area contributed by atoms with Crippen molar-refractivity contribution in [2.24, 2.45) is 0 Å². The molecule has 0 fully saturated rings. The van der Waals surface area contributed by atoms with Crippen LogP contribution in [0, 0.1) is 11.8 Å². The molecular formula is C10H12. The molecule has 52 valence electrons. The quantitative estimate of drug-likeness (QED) is 0.444. The Morgan fingerprint density at radius 1 is 1.30 bits per heavy atom. The van der Waals surface area contributed by atoms with Crippen molar-refractivity contribution in [3.8, 4) is 11.8 Å². The Kier molecular flexibility index (Phi) is 2.34. The van der Waals surface area contributed by atoms with Gasteiger partial charge in [-0.05, 0) is 26.7 Å². The molecule has 1 aliphatic rings. The van der Waals surface area contributed by atoms with Crippen LogP contribution < -0.4 is 0 Å². The number of hydrogen-bond acceptors (Lipinski definition) is 0. The maximum Gasteiger partial charge on any atom is 0.00233 e. The fourth-order valence-corrected chi connectivity index (χ4v) is 1.01. The highest BCUT2D eigenvalue weighted by molar-refractivity contribution is 5.35. The van der Waals surface area contributed by atoms with Gasteiger partial charge in [0.2, 0.25) is 0 Å². The first-order valence-electron chi connectivity index (χ1n) is 3.62. The Labute approximate surface area is 62.6 Å². The SMILES string of the molecule is CC#CC1=CC=C(C)CC1. The van der Waals surface area contributed by atoms with E-state index < -0.39 is 0 Å². The molecule has 0 radical (unpaired) electrons. The second-order valence-electron chi connectivity index (χ2n) is 2.58. The smallest absolute Gasteiger partial charge is 0.00233 e. The molecule has 1 rings (SSSR count). The van der Waals surface area contributed by atoms with Crippen LogP contribution in [-0.2, 0) is 0 Å². The van der Waals surface area contributed by atoms with Crippen molar-refractivity contribution in [1.82, 2.24) is 0 Å². The van der Waals surface area contributed by atoms with Crippen LogP contribution in [0.2, 0.25) is 0 Å². The van der Waals surface area contributed by atoms with Crippen molar-refractivity contribution in [2.75, 3.05) is 0 Å². The van der Waals surface area contributed by atoms with Crippen LogP contribution in [0.4, 0.5) is 0 Å². The average Bonchev–Trinajstić information content (AvgIpc) is 1.95. The lowest BCUT2D eigenvalue weighted by molar-refractivity contribution is 0.934. The Bertz CT molecular complexity index is 230. The van der Waals surface area contributed by atoms with E-state index >= 15 is 0 Å². The average molecular weight is 132 g/mol. The second-order valence-corrected chi connectivity index (χ2v) is 2.58. The van der Waals surface area contributed by atoms with Crippen LogP contribution in [-0.4, -0.2) is 0 Å². The predicted molar refractivity (Wildman–Crippen MR) is 44.5 cm³/mol. The molecule has 0 aliphatic heterocycles. The topological polar surface area (TPSA) is 0 Å². The van der Waals surface area contributed by atoms with Crippen molar-refractivity contribution in [3.05, 3.63) is 23.3 Å². The Balaban J connectivity index is 2.70. The van der Waals surface area contributed by atoms with Crippen LogP contribution in [0.15, 0.2) is 23.3 Å². The van der Waals surface area contributed by atoms with E-state index in [2.05, 4.69) is 30.9 Å². The van der Waals surface area contributed by atoms with Crippen LogP contribution in [0.1, 0.15) is 26.7 Å². The highest BCUT2D eigenvalue weighted by Crippen LogP contribution is 2.16. The third-order valence-corrected chi connectivity index (χ3v) is 1.64. The molecule has 0 aromatic heterocycles. The largest absolute Gasteiger partial charge is 0.102 e. The molecule has 0 unspecified atom stereocenters. The van der Waals surface area contributed by atoms with Gasteiger partial charge >= 0.3 is 0 Å².